The maximum atomic E-state index is 12.8. The highest BCUT2D eigenvalue weighted by molar-refractivity contribution is 7.99. The highest BCUT2D eigenvalue weighted by Crippen LogP contribution is 2.36. The zero-order chi connectivity index (χ0) is 26.6. The van der Waals surface area contributed by atoms with Crippen molar-refractivity contribution in [1.29, 1.82) is 0 Å². The lowest BCUT2D eigenvalue weighted by Gasteiger charge is -2.19. The molecule has 192 valence electrons. The molecule has 0 aliphatic rings. The van der Waals surface area contributed by atoms with E-state index in [2.05, 4.69) is 48.4 Å². The molecule has 0 saturated carbocycles. The van der Waals surface area contributed by atoms with Gasteiger partial charge >= 0.3 is 5.97 Å². The Morgan fingerprint density at radius 1 is 1.03 bits per heavy atom. The molecule has 37 heavy (non-hydrogen) atoms. The number of anilines is 1. The number of aromatic nitrogens is 3. The smallest absolute Gasteiger partial charge is 0.341 e. The second kappa shape index (κ2) is 11.3. The number of rotatable bonds is 8. The van der Waals surface area contributed by atoms with E-state index in [1.54, 1.807) is 6.92 Å². The van der Waals surface area contributed by atoms with Gasteiger partial charge in [-0.2, -0.15) is 0 Å². The topological polar surface area (TPSA) is 86.1 Å². The summed E-state index contributed by atoms with van der Waals surface area (Å²) in [6, 6.07) is 17.9. The fraction of sp³-hybridized carbons (Fsp3) is 0.286. The molecule has 0 saturated heterocycles. The third kappa shape index (κ3) is 6.11. The van der Waals surface area contributed by atoms with Crippen LogP contribution in [-0.2, 0) is 22.0 Å². The van der Waals surface area contributed by atoms with Crippen LogP contribution in [0.1, 0.15) is 43.6 Å². The van der Waals surface area contributed by atoms with Crippen molar-refractivity contribution in [1.82, 2.24) is 14.8 Å². The normalized spacial score (nSPS) is 11.4. The summed E-state index contributed by atoms with van der Waals surface area (Å²) in [7, 11) is 1.89. The largest absolute Gasteiger partial charge is 0.462 e. The summed E-state index contributed by atoms with van der Waals surface area (Å²) in [6.07, 6.45) is 0. The lowest BCUT2D eigenvalue weighted by atomic mass is 9.87. The van der Waals surface area contributed by atoms with E-state index in [9.17, 15) is 9.59 Å². The van der Waals surface area contributed by atoms with Gasteiger partial charge in [0.25, 0.3) is 0 Å². The van der Waals surface area contributed by atoms with E-state index in [0.717, 1.165) is 22.5 Å². The molecule has 2 aromatic carbocycles. The summed E-state index contributed by atoms with van der Waals surface area (Å²) in [4.78, 5) is 25.6. The van der Waals surface area contributed by atoms with Gasteiger partial charge < -0.3 is 14.6 Å². The van der Waals surface area contributed by atoms with Crippen LogP contribution in [0, 0.1) is 0 Å². The number of carbonyl (C=O) groups is 2. The average Bonchev–Trinajstić information content (AvgIpc) is 3.46. The van der Waals surface area contributed by atoms with Gasteiger partial charge in [0.2, 0.25) is 5.91 Å². The SMILES string of the molecule is CCOC(=O)c1c(-c2ccccc2)csc1NC(=O)CSc1nnc(-c2ccc(C(C)(C)C)cc2)n1C. The predicted molar refractivity (Wildman–Crippen MR) is 150 cm³/mol. The molecule has 0 radical (unpaired) electrons. The third-order valence-corrected chi connectivity index (χ3v) is 7.70. The highest BCUT2D eigenvalue weighted by Gasteiger charge is 2.23. The summed E-state index contributed by atoms with van der Waals surface area (Å²) < 4.78 is 7.16. The molecule has 0 spiro atoms. The molecule has 1 amide bonds. The first-order valence-corrected chi connectivity index (χ1v) is 13.8. The standard InChI is InChI=1S/C28H30N4O3S2/c1-6-35-26(34)23-21(18-10-8-7-9-11-18)16-36-25(23)29-22(33)17-37-27-31-30-24(32(27)5)19-12-14-20(15-13-19)28(2,3)4/h7-16H,6,17H2,1-5H3,(H,29,33). The lowest BCUT2D eigenvalue weighted by Crippen LogP contribution is -2.16. The zero-order valence-corrected chi connectivity index (χ0v) is 23.2. The molecule has 0 atom stereocenters. The van der Waals surface area contributed by atoms with Crippen molar-refractivity contribution in [2.45, 2.75) is 38.3 Å². The van der Waals surface area contributed by atoms with Crippen LogP contribution < -0.4 is 5.32 Å². The van der Waals surface area contributed by atoms with Gasteiger partial charge in [-0.15, -0.1) is 21.5 Å². The molecular formula is C28H30N4O3S2. The van der Waals surface area contributed by atoms with Crippen molar-refractivity contribution >= 4 is 40.0 Å². The second-order valence-electron chi connectivity index (χ2n) is 9.47. The van der Waals surface area contributed by atoms with E-state index in [1.807, 2.05) is 59.5 Å². The number of amides is 1. The van der Waals surface area contributed by atoms with Crippen LogP contribution >= 0.6 is 23.1 Å². The fourth-order valence-corrected chi connectivity index (χ4v) is 5.47. The molecule has 0 aliphatic carbocycles. The van der Waals surface area contributed by atoms with Gasteiger partial charge in [-0.25, -0.2) is 4.79 Å². The van der Waals surface area contributed by atoms with Crippen LogP contribution in [-0.4, -0.2) is 39.0 Å². The van der Waals surface area contributed by atoms with Gasteiger partial charge in [-0.3, -0.25) is 4.79 Å². The maximum Gasteiger partial charge on any atom is 0.341 e. The van der Waals surface area contributed by atoms with Gasteiger partial charge in [-0.05, 0) is 23.5 Å². The first-order chi connectivity index (χ1) is 17.7. The summed E-state index contributed by atoms with van der Waals surface area (Å²) in [5.41, 5.74) is 4.28. The van der Waals surface area contributed by atoms with E-state index in [-0.39, 0.29) is 23.7 Å². The molecule has 9 heteroatoms. The van der Waals surface area contributed by atoms with E-state index in [1.165, 1.54) is 28.7 Å². The summed E-state index contributed by atoms with van der Waals surface area (Å²) in [5, 5.41) is 14.5. The van der Waals surface area contributed by atoms with Gasteiger partial charge in [0.15, 0.2) is 11.0 Å². The number of ether oxygens (including phenoxy) is 1. The number of carbonyl (C=O) groups excluding carboxylic acids is 2. The lowest BCUT2D eigenvalue weighted by molar-refractivity contribution is -0.113. The Morgan fingerprint density at radius 3 is 2.38 bits per heavy atom. The molecule has 2 aromatic heterocycles. The van der Waals surface area contributed by atoms with Crippen LogP contribution in [0.5, 0.6) is 0 Å². The summed E-state index contributed by atoms with van der Waals surface area (Å²) >= 11 is 2.60. The van der Waals surface area contributed by atoms with E-state index in [4.69, 9.17) is 4.74 Å². The highest BCUT2D eigenvalue weighted by atomic mass is 32.2. The van der Waals surface area contributed by atoms with Crippen LogP contribution in [0.25, 0.3) is 22.5 Å². The van der Waals surface area contributed by atoms with E-state index in [0.29, 0.717) is 15.7 Å². The van der Waals surface area contributed by atoms with Crippen molar-refractivity contribution in [2.75, 3.05) is 17.7 Å². The summed E-state index contributed by atoms with van der Waals surface area (Å²) in [6.45, 7) is 8.55. The fourth-order valence-electron chi connectivity index (χ4n) is 3.79. The van der Waals surface area contributed by atoms with Crippen LogP contribution in [0.2, 0.25) is 0 Å². The first-order valence-electron chi connectivity index (χ1n) is 12.0. The Morgan fingerprint density at radius 2 is 1.73 bits per heavy atom. The van der Waals surface area contributed by atoms with Gasteiger partial charge in [-0.1, -0.05) is 87.1 Å². The van der Waals surface area contributed by atoms with Gasteiger partial charge in [0.1, 0.15) is 10.6 Å². The van der Waals surface area contributed by atoms with Crippen molar-refractivity contribution in [3.05, 3.63) is 71.1 Å². The van der Waals surface area contributed by atoms with Crippen molar-refractivity contribution in [3.63, 3.8) is 0 Å². The Kier molecular flexibility index (Phi) is 8.14. The number of benzene rings is 2. The minimum atomic E-state index is -0.457. The number of thiophene rings is 1. The molecule has 0 bridgehead atoms. The Labute approximate surface area is 225 Å². The van der Waals surface area contributed by atoms with Crippen LogP contribution in [0.15, 0.2) is 65.1 Å². The Hall–Kier alpha value is -3.43. The molecule has 0 fully saturated rings. The van der Waals surface area contributed by atoms with Crippen molar-refractivity contribution < 1.29 is 14.3 Å². The number of nitrogens with one attached hydrogen (secondary N) is 1. The third-order valence-electron chi connectivity index (χ3n) is 5.78. The molecule has 1 N–H and O–H groups in total. The Bertz CT molecular complexity index is 1390. The zero-order valence-electron chi connectivity index (χ0n) is 21.6. The number of hydrogen-bond acceptors (Lipinski definition) is 7. The summed E-state index contributed by atoms with van der Waals surface area (Å²) in [5.74, 6) is 0.159. The minimum absolute atomic E-state index is 0.0738. The predicted octanol–water partition coefficient (Wildman–Crippen LogP) is 6.42. The molecule has 0 aliphatic heterocycles. The molecule has 4 rings (SSSR count). The van der Waals surface area contributed by atoms with Crippen molar-refractivity contribution in [3.8, 4) is 22.5 Å². The number of nitrogens with zero attached hydrogens (tertiary/aromatic N) is 3. The van der Waals surface area contributed by atoms with Gasteiger partial charge in [0.05, 0.1) is 12.4 Å². The molecule has 0 unspecified atom stereocenters. The molecule has 2 heterocycles. The quantitative estimate of drug-likeness (QED) is 0.207. The number of esters is 1. The van der Waals surface area contributed by atoms with Gasteiger partial charge in [0, 0.05) is 23.6 Å². The van der Waals surface area contributed by atoms with E-state index < -0.39 is 5.97 Å². The minimum Gasteiger partial charge on any atom is -0.462 e. The Balaban J connectivity index is 1.46. The first kappa shape index (κ1) is 26.6. The molecular weight excluding hydrogens is 504 g/mol. The second-order valence-corrected chi connectivity index (χ2v) is 11.3. The van der Waals surface area contributed by atoms with Crippen LogP contribution in [0.4, 0.5) is 5.00 Å². The van der Waals surface area contributed by atoms with Crippen LogP contribution in [0.3, 0.4) is 0 Å². The number of hydrogen-bond donors (Lipinski definition) is 1. The van der Waals surface area contributed by atoms with Crippen molar-refractivity contribution in [2.24, 2.45) is 7.05 Å². The maximum absolute atomic E-state index is 12.8. The number of thioether (sulfide) groups is 1. The molecule has 4 aromatic rings. The monoisotopic (exact) mass is 534 g/mol. The average molecular weight is 535 g/mol. The van der Waals surface area contributed by atoms with E-state index >= 15 is 0 Å². The molecule has 7 nitrogen and oxygen atoms in total.